The molecule has 0 spiro atoms. The average Bonchev–Trinajstić information content (AvgIpc) is 2.49. The highest BCUT2D eigenvalue weighted by Crippen LogP contribution is 2.24. The summed E-state index contributed by atoms with van der Waals surface area (Å²) >= 11 is 3.35. The standard InChI is InChI=1S/C16H14BrN3O/c1-10-7-12(4-6-14(10)19-2)16(21)20-15-5-3-11(9-18)8-13(15)17/h3-8,19H,1-2H3,(H,20,21). The van der Waals surface area contributed by atoms with Crippen molar-refractivity contribution in [3.63, 3.8) is 0 Å². The van der Waals surface area contributed by atoms with Gasteiger partial charge in [-0.15, -0.1) is 0 Å². The van der Waals surface area contributed by atoms with Crippen molar-refractivity contribution in [2.45, 2.75) is 6.92 Å². The van der Waals surface area contributed by atoms with Crippen molar-refractivity contribution in [1.29, 1.82) is 5.26 Å². The van der Waals surface area contributed by atoms with Crippen molar-refractivity contribution in [2.75, 3.05) is 17.7 Å². The van der Waals surface area contributed by atoms with E-state index in [4.69, 9.17) is 5.26 Å². The summed E-state index contributed by atoms with van der Waals surface area (Å²) in [6.45, 7) is 1.94. The minimum atomic E-state index is -0.189. The van der Waals surface area contributed by atoms with Gasteiger partial charge in [0.1, 0.15) is 0 Å². The van der Waals surface area contributed by atoms with Gasteiger partial charge in [-0.25, -0.2) is 0 Å². The Hall–Kier alpha value is -2.32. The molecular weight excluding hydrogens is 330 g/mol. The Morgan fingerprint density at radius 3 is 2.48 bits per heavy atom. The molecule has 0 radical (unpaired) electrons. The first-order valence-corrected chi connectivity index (χ1v) is 7.14. The third kappa shape index (κ3) is 3.41. The zero-order chi connectivity index (χ0) is 15.4. The predicted molar refractivity (Wildman–Crippen MR) is 87.5 cm³/mol. The molecule has 2 aromatic carbocycles. The first-order chi connectivity index (χ1) is 10.0. The van der Waals surface area contributed by atoms with Crippen molar-refractivity contribution >= 4 is 33.2 Å². The number of aryl methyl sites for hydroxylation is 1. The molecule has 0 fully saturated rings. The zero-order valence-electron chi connectivity index (χ0n) is 11.7. The number of carbonyl (C=O) groups is 1. The van der Waals surface area contributed by atoms with Gasteiger partial charge in [-0.1, -0.05) is 0 Å². The highest BCUT2D eigenvalue weighted by molar-refractivity contribution is 9.10. The van der Waals surface area contributed by atoms with E-state index in [1.165, 1.54) is 0 Å². The molecule has 2 rings (SSSR count). The van der Waals surface area contributed by atoms with Crippen LogP contribution in [0.1, 0.15) is 21.5 Å². The molecule has 2 N–H and O–H groups in total. The second kappa shape index (κ2) is 6.42. The molecular formula is C16H14BrN3O. The first-order valence-electron chi connectivity index (χ1n) is 6.34. The smallest absolute Gasteiger partial charge is 0.255 e. The lowest BCUT2D eigenvalue weighted by atomic mass is 10.1. The summed E-state index contributed by atoms with van der Waals surface area (Å²) in [5.41, 5.74) is 3.75. The summed E-state index contributed by atoms with van der Waals surface area (Å²) in [6, 6.07) is 12.6. The number of nitrogens with one attached hydrogen (secondary N) is 2. The Morgan fingerprint density at radius 1 is 1.19 bits per heavy atom. The van der Waals surface area contributed by atoms with Gasteiger partial charge < -0.3 is 10.6 Å². The number of nitrogens with zero attached hydrogens (tertiary/aromatic N) is 1. The van der Waals surface area contributed by atoms with Gasteiger partial charge >= 0.3 is 0 Å². The van der Waals surface area contributed by atoms with Crippen LogP contribution in [0.5, 0.6) is 0 Å². The van der Waals surface area contributed by atoms with E-state index in [1.54, 1.807) is 24.3 Å². The molecule has 0 aliphatic carbocycles. The van der Waals surface area contributed by atoms with E-state index in [0.29, 0.717) is 21.3 Å². The highest BCUT2D eigenvalue weighted by Gasteiger charge is 2.10. The largest absolute Gasteiger partial charge is 0.388 e. The molecule has 0 saturated heterocycles. The van der Waals surface area contributed by atoms with E-state index in [1.807, 2.05) is 26.1 Å². The molecule has 0 heterocycles. The van der Waals surface area contributed by atoms with E-state index in [0.717, 1.165) is 11.3 Å². The number of halogens is 1. The lowest BCUT2D eigenvalue weighted by molar-refractivity contribution is 0.102. The van der Waals surface area contributed by atoms with Crippen molar-refractivity contribution < 1.29 is 4.79 Å². The lowest BCUT2D eigenvalue weighted by Crippen LogP contribution is -2.12. The van der Waals surface area contributed by atoms with Gasteiger partial charge in [0.25, 0.3) is 5.91 Å². The summed E-state index contributed by atoms with van der Waals surface area (Å²) in [4.78, 5) is 12.3. The van der Waals surface area contributed by atoms with Gasteiger partial charge in [0.05, 0.1) is 17.3 Å². The Bertz CT molecular complexity index is 735. The molecule has 0 aliphatic heterocycles. The van der Waals surface area contributed by atoms with Crippen LogP contribution in [-0.4, -0.2) is 13.0 Å². The summed E-state index contributed by atoms with van der Waals surface area (Å²) in [6.07, 6.45) is 0. The van der Waals surface area contributed by atoms with Crippen LogP contribution in [0.15, 0.2) is 40.9 Å². The molecule has 0 atom stereocenters. The minimum Gasteiger partial charge on any atom is -0.388 e. The van der Waals surface area contributed by atoms with Crippen LogP contribution in [0.2, 0.25) is 0 Å². The Balaban J connectivity index is 2.22. The number of benzene rings is 2. The summed E-state index contributed by atoms with van der Waals surface area (Å²) in [5.74, 6) is -0.189. The Labute approximate surface area is 131 Å². The topological polar surface area (TPSA) is 64.9 Å². The molecule has 1 amide bonds. The monoisotopic (exact) mass is 343 g/mol. The van der Waals surface area contributed by atoms with Gasteiger partial charge in [0, 0.05) is 22.8 Å². The Kier molecular flexibility index (Phi) is 4.61. The molecule has 21 heavy (non-hydrogen) atoms. The second-order valence-corrected chi connectivity index (χ2v) is 5.39. The maximum Gasteiger partial charge on any atom is 0.255 e. The molecule has 0 saturated carbocycles. The SMILES string of the molecule is CNc1ccc(C(=O)Nc2ccc(C#N)cc2Br)cc1C. The van der Waals surface area contributed by atoms with Crippen LogP contribution in [0.4, 0.5) is 11.4 Å². The van der Waals surface area contributed by atoms with Gasteiger partial charge in [-0.2, -0.15) is 5.26 Å². The van der Waals surface area contributed by atoms with Crippen LogP contribution in [0.3, 0.4) is 0 Å². The van der Waals surface area contributed by atoms with E-state index in [-0.39, 0.29) is 5.91 Å². The molecule has 0 unspecified atom stereocenters. The Morgan fingerprint density at radius 2 is 1.90 bits per heavy atom. The maximum atomic E-state index is 12.3. The van der Waals surface area contributed by atoms with Crippen molar-refractivity contribution in [3.05, 3.63) is 57.6 Å². The van der Waals surface area contributed by atoms with Gasteiger partial charge in [0.2, 0.25) is 0 Å². The van der Waals surface area contributed by atoms with E-state index in [2.05, 4.69) is 32.6 Å². The number of hydrogen-bond donors (Lipinski definition) is 2. The number of nitriles is 1. The van der Waals surface area contributed by atoms with Crippen LogP contribution >= 0.6 is 15.9 Å². The van der Waals surface area contributed by atoms with Gasteiger partial charge in [-0.3, -0.25) is 4.79 Å². The van der Waals surface area contributed by atoms with Crippen LogP contribution in [0.25, 0.3) is 0 Å². The van der Waals surface area contributed by atoms with Gasteiger partial charge in [-0.05, 0) is 64.8 Å². The summed E-state index contributed by atoms with van der Waals surface area (Å²) < 4.78 is 0.679. The summed E-state index contributed by atoms with van der Waals surface area (Å²) in [7, 11) is 1.84. The fraction of sp³-hybridized carbons (Fsp3) is 0.125. The number of rotatable bonds is 3. The molecule has 4 nitrogen and oxygen atoms in total. The van der Waals surface area contributed by atoms with Crippen LogP contribution in [0, 0.1) is 18.3 Å². The molecule has 0 aliphatic rings. The second-order valence-electron chi connectivity index (χ2n) is 4.54. The molecule has 106 valence electrons. The van der Waals surface area contributed by atoms with E-state index in [9.17, 15) is 4.79 Å². The van der Waals surface area contributed by atoms with Crippen molar-refractivity contribution in [1.82, 2.24) is 0 Å². The third-order valence-electron chi connectivity index (χ3n) is 3.10. The van der Waals surface area contributed by atoms with Crippen molar-refractivity contribution in [3.8, 4) is 6.07 Å². The number of amides is 1. The van der Waals surface area contributed by atoms with E-state index >= 15 is 0 Å². The zero-order valence-corrected chi connectivity index (χ0v) is 13.3. The third-order valence-corrected chi connectivity index (χ3v) is 3.76. The maximum absolute atomic E-state index is 12.3. The lowest BCUT2D eigenvalue weighted by Gasteiger charge is -2.10. The van der Waals surface area contributed by atoms with Crippen LogP contribution < -0.4 is 10.6 Å². The number of anilines is 2. The minimum absolute atomic E-state index is 0.189. The molecule has 0 aromatic heterocycles. The fourth-order valence-electron chi connectivity index (χ4n) is 1.97. The number of hydrogen-bond acceptors (Lipinski definition) is 3. The average molecular weight is 344 g/mol. The predicted octanol–water partition coefficient (Wildman–Crippen LogP) is 3.92. The van der Waals surface area contributed by atoms with Crippen molar-refractivity contribution in [2.24, 2.45) is 0 Å². The highest BCUT2D eigenvalue weighted by atomic mass is 79.9. The quantitative estimate of drug-likeness (QED) is 0.887. The van der Waals surface area contributed by atoms with Crippen LogP contribution in [-0.2, 0) is 0 Å². The molecule has 2 aromatic rings. The first kappa shape index (κ1) is 15.1. The van der Waals surface area contributed by atoms with Gasteiger partial charge in [0.15, 0.2) is 0 Å². The normalized spacial score (nSPS) is 9.81. The summed E-state index contributed by atoms with van der Waals surface area (Å²) in [5, 5.41) is 14.7. The molecule has 5 heteroatoms. The number of carbonyl (C=O) groups excluding carboxylic acids is 1. The van der Waals surface area contributed by atoms with E-state index < -0.39 is 0 Å². The molecule has 0 bridgehead atoms. The fourth-order valence-corrected chi connectivity index (χ4v) is 2.44.